The van der Waals surface area contributed by atoms with Crippen molar-refractivity contribution in [3.05, 3.63) is 77.1 Å². The highest BCUT2D eigenvalue weighted by molar-refractivity contribution is 8.77. The molecule has 3 saturated carbocycles. The van der Waals surface area contributed by atoms with Crippen LogP contribution >= 0.6 is 43.2 Å². The van der Waals surface area contributed by atoms with E-state index in [0.717, 1.165) is 97.5 Å². The number of aliphatic hydroxyl groups excluding tert-OH is 6. The van der Waals surface area contributed by atoms with Crippen LogP contribution in [0.5, 0.6) is 28.7 Å². The first-order valence-corrected chi connectivity index (χ1v) is 37.4. The molecule has 1 amide bonds. The van der Waals surface area contributed by atoms with Crippen molar-refractivity contribution in [3.63, 3.8) is 0 Å². The molecule has 0 radical (unpaired) electrons. The van der Waals surface area contributed by atoms with Gasteiger partial charge in [-0.25, -0.2) is 0 Å². The fraction of sp³-hybridized carbons (Fsp3) is 0.662. The number of aromatic nitrogens is 1. The van der Waals surface area contributed by atoms with Gasteiger partial charge >= 0.3 is 0 Å². The van der Waals surface area contributed by atoms with Crippen molar-refractivity contribution >= 4 is 59.9 Å². The van der Waals surface area contributed by atoms with Gasteiger partial charge in [-0.15, -0.1) is 5.92 Å². The largest absolute Gasteiger partial charge is 0.504 e. The van der Waals surface area contributed by atoms with Crippen LogP contribution in [0.3, 0.4) is 0 Å². The number of ether oxygens (including phenoxy) is 5. The summed E-state index contributed by atoms with van der Waals surface area (Å²) in [4.78, 5) is 14.1. The van der Waals surface area contributed by atoms with E-state index < -0.39 is 55.3 Å². The van der Waals surface area contributed by atoms with Crippen LogP contribution in [0.15, 0.2) is 54.9 Å². The highest BCUT2D eigenvalue weighted by atomic mass is 33.1. The number of hydrogen-bond donors (Lipinski definition) is 10. The first kappa shape index (κ1) is 65.3. The minimum Gasteiger partial charge on any atom is -0.504 e. The van der Waals surface area contributed by atoms with Gasteiger partial charge in [0.2, 0.25) is 11.7 Å². The molecule has 89 heavy (non-hydrogen) atoms. The summed E-state index contributed by atoms with van der Waals surface area (Å²) >= 11 is 0. The van der Waals surface area contributed by atoms with E-state index in [1.807, 2.05) is 58.1 Å². The smallest absolute Gasteiger partial charge is 0.224 e. The number of carbonyl (C=O) groups is 1. The molecule has 11 aliphatic rings. The second kappa shape index (κ2) is 28.9. The van der Waals surface area contributed by atoms with Crippen LogP contribution in [-0.4, -0.2) is 145 Å². The maximum atomic E-state index is 14.1. The molecule has 3 aromatic carbocycles. The lowest BCUT2D eigenvalue weighted by atomic mass is 9.38. The lowest BCUT2D eigenvalue weighted by molar-refractivity contribution is -0.167. The Balaban J connectivity index is 0.944. The molecule has 12 bridgehead atoms. The minimum absolute atomic E-state index is 0.00776. The van der Waals surface area contributed by atoms with Gasteiger partial charge in [0.1, 0.15) is 13.5 Å². The molecule has 3 saturated heterocycles. The van der Waals surface area contributed by atoms with Crippen LogP contribution in [0.25, 0.3) is 10.8 Å². The molecule has 486 valence electrons. The van der Waals surface area contributed by atoms with Crippen molar-refractivity contribution < 1.29 is 69.3 Å². The van der Waals surface area contributed by atoms with Crippen molar-refractivity contribution in [2.45, 2.75) is 177 Å². The number of rotatable bonds is 7. The number of amides is 1. The van der Waals surface area contributed by atoms with E-state index in [0.29, 0.717) is 61.7 Å². The predicted octanol–water partition coefficient (Wildman–Crippen LogP) is 9.56. The van der Waals surface area contributed by atoms with Crippen molar-refractivity contribution in [3.8, 4) is 40.6 Å². The first-order valence-electron chi connectivity index (χ1n) is 32.5. The lowest BCUT2D eigenvalue weighted by Crippen LogP contribution is -2.64. The van der Waals surface area contributed by atoms with Crippen molar-refractivity contribution in [2.24, 2.45) is 52.3 Å². The molecular weight excluding hydrogens is 1210 g/mol. The number of phenolic OH excluding ortho intramolecular Hbond substituents is 2. The summed E-state index contributed by atoms with van der Waals surface area (Å²) in [6.45, 7) is 2.63. The third-order valence-corrected chi connectivity index (χ3v) is 27.1. The average Bonchev–Trinajstić information content (AvgIpc) is 0.924. The number of nitrogens with zero attached hydrogens (tertiary/aromatic N) is 1. The number of carbonyl (C=O) groups excluding carboxylic acids is 1. The lowest BCUT2D eigenvalue weighted by Gasteiger charge is -2.66. The number of fused-ring (bicyclic) bond motifs is 4. The molecule has 1 aromatic heterocycles. The standard InChI is InChI=1S/C68H91N3O14S4/c1-39-10-14-51-42-16-18-68-30-45-13-15-52(68)54(69-19-4-3-17-67(51,68)29-39)34-87-86-33-50-64(58(77)24-42)53(70-66(50)80)9-6-20-82-36-71-31-43-7-5-8-46(49(43)32-71)56(75)28-63-47-27-57(76)60(85-45)25-41(47)11-12-44(83-37-72)26-55(74)48(59(78)35-88-89-63)21-40-22-61(81-2)65(79)62(23-40)84-38-73/h5,7-8,22-23,25,27,31-32,39,42,44-45,48,50-56,58-59,63-64,69,72-79H,4,6,9-16,18-21,24,26,28-30,33-38H2,1-2H3,(H,70,80). The molecular formula is C68H91N3O14S4. The SMILES string of the molecule is COc1cc(CC2C(O)CSSC3CC(O)c4cccc5cn(cc45)COCCCC4NC(=O)C5CSSCC6NCCC#CC78CC(C)CCC7C(CCC87CC(CCC67)Oc6cc(c3cc6O)CCC(OCO)CC2O)CC(O)C45)cc(OCO)c1O. The van der Waals surface area contributed by atoms with Crippen LogP contribution in [0.4, 0.5) is 0 Å². The maximum Gasteiger partial charge on any atom is 0.224 e. The highest BCUT2D eigenvalue weighted by Crippen LogP contribution is 2.70. The van der Waals surface area contributed by atoms with Gasteiger partial charge in [-0.1, -0.05) is 80.6 Å². The van der Waals surface area contributed by atoms with E-state index in [1.165, 1.54) is 28.7 Å². The predicted molar refractivity (Wildman–Crippen MR) is 349 cm³/mol. The zero-order valence-corrected chi connectivity index (χ0v) is 54.5. The van der Waals surface area contributed by atoms with E-state index in [9.17, 15) is 45.6 Å². The summed E-state index contributed by atoms with van der Waals surface area (Å²) in [6, 6.07) is 12.9. The molecule has 6 fully saturated rings. The van der Waals surface area contributed by atoms with Crippen LogP contribution in [0, 0.1) is 64.1 Å². The molecule has 3 aliphatic carbocycles. The molecule has 9 heterocycles. The van der Waals surface area contributed by atoms with Crippen LogP contribution in [0.2, 0.25) is 0 Å². The number of benzene rings is 3. The Kier molecular flexibility index (Phi) is 21.2. The second-order valence-electron chi connectivity index (χ2n) is 26.9. The number of methoxy groups -OCH3 is 1. The molecule has 18 unspecified atom stereocenters. The number of aryl methyl sites for hydroxylation is 1. The third-order valence-electron chi connectivity index (χ3n) is 21.9. The third kappa shape index (κ3) is 13.7. The van der Waals surface area contributed by atoms with Gasteiger partial charge in [-0.05, 0) is 177 Å². The molecule has 15 rings (SSSR count). The van der Waals surface area contributed by atoms with Gasteiger partial charge in [-0.3, -0.25) is 4.79 Å². The first-order chi connectivity index (χ1) is 43.2. The summed E-state index contributed by atoms with van der Waals surface area (Å²) in [5, 5.41) is 102. The summed E-state index contributed by atoms with van der Waals surface area (Å²) in [5.74, 6) is 9.76. The summed E-state index contributed by atoms with van der Waals surface area (Å²) in [6.07, 6.45) is 10.6. The molecule has 18 atom stereocenters. The number of aliphatic hydroxyl groups is 6. The zero-order chi connectivity index (χ0) is 62.0. The van der Waals surface area contributed by atoms with E-state index in [-0.39, 0.29) is 119 Å². The van der Waals surface area contributed by atoms with Gasteiger partial charge in [0, 0.05) is 89.2 Å². The number of nitrogens with one attached hydrogen (secondary N) is 2. The van der Waals surface area contributed by atoms with Gasteiger partial charge in [0.25, 0.3) is 0 Å². The molecule has 8 aliphatic heterocycles. The Morgan fingerprint density at radius 3 is 2.52 bits per heavy atom. The Morgan fingerprint density at radius 1 is 0.831 bits per heavy atom. The normalized spacial score (nSPS) is 36.5. The molecule has 2 spiro atoms. The number of hydrogen-bond acceptors (Lipinski definition) is 19. The summed E-state index contributed by atoms with van der Waals surface area (Å²) < 4.78 is 32.6. The van der Waals surface area contributed by atoms with E-state index in [4.69, 9.17) is 23.7 Å². The van der Waals surface area contributed by atoms with Crippen LogP contribution in [-0.2, 0) is 33.8 Å². The molecule has 4 aromatic rings. The van der Waals surface area contributed by atoms with Gasteiger partial charge < -0.3 is 79.7 Å². The van der Waals surface area contributed by atoms with Crippen LogP contribution < -0.4 is 24.8 Å². The molecule has 10 N–H and O–H groups in total. The van der Waals surface area contributed by atoms with E-state index >= 15 is 0 Å². The Bertz CT molecular complexity index is 3160. The van der Waals surface area contributed by atoms with Crippen LogP contribution in [0.1, 0.15) is 137 Å². The van der Waals surface area contributed by atoms with E-state index in [2.05, 4.69) is 29.4 Å². The fourth-order valence-electron chi connectivity index (χ4n) is 17.8. The quantitative estimate of drug-likeness (QED) is 0.0470. The zero-order valence-electron chi connectivity index (χ0n) is 51.2. The number of aromatic hydroxyl groups is 2. The van der Waals surface area contributed by atoms with Gasteiger partial charge in [-0.2, -0.15) is 0 Å². The van der Waals surface area contributed by atoms with Crippen molar-refractivity contribution in [1.82, 2.24) is 15.2 Å². The Labute approximate surface area is 539 Å². The second-order valence-corrected chi connectivity index (χ2v) is 32.1. The molecule has 17 nitrogen and oxygen atoms in total. The fourth-order valence-corrected chi connectivity index (χ4v) is 23.4. The highest BCUT2D eigenvalue weighted by Gasteiger charge is 2.66. The van der Waals surface area contributed by atoms with Crippen molar-refractivity contribution in [1.29, 1.82) is 0 Å². The molecule has 21 heteroatoms. The summed E-state index contributed by atoms with van der Waals surface area (Å²) in [5.41, 5.74) is 2.37. The summed E-state index contributed by atoms with van der Waals surface area (Å²) in [7, 11) is 7.94. The monoisotopic (exact) mass is 1300 g/mol. The van der Waals surface area contributed by atoms with Gasteiger partial charge in [0.05, 0.1) is 49.7 Å². The van der Waals surface area contributed by atoms with Crippen molar-refractivity contribution in [2.75, 3.05) is 51.1 Å². The maximum absolute atomic E-state index is 14.1. The Hall–Kier alpha value is -3.73. The topological polar surface area (TPSA) is 254 Å². The van der Waals surface area contributed by atoms with Gasteiger partial charge in [0.15, 0.2) is 29.8 Å². The average molecular weight is 1300 g/mol. The number of phenols is 2. The van der Waals surface area contributed by atoms with E-state index in [1.54, 1.807) is 22.9 Å². The Morgan fingerprint density at radius 2 is 1.67 bits per heavy atom. The minimum atomic E-state index is -1.13.